The van der Waals surface area contributed by atoms with Crippen LogP contribution in [0, 0.1) is 0 Å². The first-order chi connectivity index (χ1) is 24.6. The van der Waals surface area contributed by atoms with E-state index in [0.717, 1.165) is 59.9 Å². The lowest BCUT2D eigenvalue weighted by atomic mass is 9.83. The Morgan fingerprint density at radius 2 is 1.30 bits per heavy atom. The van der Waals surface area contributed by atoms with Crippen LogP contribution in [-0.2, 0) is 5.66 Å². The highest BCUT2D eigenvalue weighted by molar-refractivity contribution is 9.10. The van der Waals surface area contributed by atoms with E-state index >= 15 is 0 Å². The van der Waals surface area contributed by atoms with Crippen molar-refractivity contribution in [2.45, 2.75) is 11.6 Å². The zero-order chi connectivity index (χ0) is 33.4. The third kappa shape index (κ3) is 4.14. The van der Waals surface area contributed by atoms with Crippen molar-refractivity contribution in [2.75, 3.05) is 0 Å². The van der Waals surface area contributed by atoms with Crippen molar-refractivity contribution < 1.29 is 4.79 Å². The number of fused-ring (bicyclic) bond motifs is 7. The van der Waals surface area contributed by atoms with E-state index in [2.05, 4.69) is 176 Å². The van der Waals surface area contributed by atoms with Gasteiger partial charge >= 0.3 is 0 Å². The molecule has 1 amide bonds. The number of aromatic amines is 1. The summed E-state index contributed by atoms with van der Waals surface area (Å²) in [6.07, 6.45) is 2.27. The number of amides is 1. The number of aromatic nitrogens is 2. The summed E-state index contributed by atoms with van der Waals surface area (Å²) in [5.74, 6) is -0.131. The predicted molar refractivity (Wildman–Crippen MR) is 205 cm³/mol. The quantitative estimate of drug-likeness (QED) is 0.184. The fourth-order valence-electron chi connectivity index (χ4n) is 8.41. The fraction of sp³-hybridized carbons (Fsp3) is 0.0444. The average Bonchev–Trinajstić information content (AvgIpc) is 3.88. The smallest absolute Gasteiger partial charge is 0.254 e. The molecule has 2 aliphatic rings. The van der Waals surface area contributed by atoms with Crippen molar-refractivity contribution in [1.29, 1.82) is 0 Å². The zero-order valence-electron chi connectivity index (χ0n) is 26.9. The lowest BCUT2D eigenvalue weighted by Gasteiger charge is -2.27. The second-order valence-electron chi connectivity index (χ2n) is 13.1. The Labute approximate surface area is 297 Å². The minimum Gasteiger partial charge on any atom is -0.357 e. The van der Waals surface area contributed by atoms with Crippen LogP contribution in [0.15, 0.2) is 168 Å². The molecule has 0 aliphatic carbocycles. The SMILES string of the molecule is O=C1NC2(C=C(c3cccc(Br)c3)c3c(-c4c(C(c5ccccc5)c5ccccc5)[nH]c5ccccc45)c4ccccc4n32)c2ccccc21. The summed E-state index contributed by atoms with van der Waals surface area (Å²) in [5, 5.41) is 5.76. The van der Waals surface area contributed by atoms with Gasteiger partial charge in [0.25, 0.3) is 5.91 Å². The molecule has 8 aromatic rings. The van der Waals surface area contributed by atoms with Crippen molar-refractivity contribution in [1.82, 2.24) is 14.9 Å². The monoisotopic (exact) mass is 707 g/mol. The Bertz CT molecular complexity index is 2630. The van der Waals surface area contributed by atoms with Crippen LogP contribution in [0.4, 0.5) is 0 Å². The van der Waals surface area contributed by atoms with Gasteiger partial charge in [-0.3, -0.25) is 4.79 Å². The summed E-state index contributed by atoms with van der Waals surface area (Å²) in [7, 11) is 0. The molecule has 0 fully saturated rings. The Morgan fingerprint density at radius 1 is 0.640 bits per heavy atom. The van der Waals surface area contributed by atoms with Crippen LogP contribution in [0.3, 0.4) is 0 Å². The van der Waals surface area contributed by atoms with Gasteiger partial charge in [-0.2, -0.15) is 0 Å². The molecule has 0 saturated carbocycles. The van der Waals surface area contributed by atoms with E-state index < -0.39 is 5.66 Å². The van der Waals surface area contributed by atoms with E-state index in [4.69, 9.17) is 0 Å². The standard InChI is InChI=1S/C45H30BrN3O/c46-31-19-13-18-30(26-31)35-27-45(36-23-10-7-20-32(36)44(50)48-45)49-38-25-12-9-22-34(38)41(43(35)49)40-33-21-8-11-24-37(33)47-42(40)39(28-14-3-1-4-15-28)29-16-5-2-6-17-29/h1-27,39,47H,(H,48,50). The topological polar surface area (TPSA) is 49.8 Å². The molecule has 1 unspecified atom stereocenters. The third-order valence-corrected chi connectivity index (χ3v) is 10.9. The number of para-hydroxylation sites is 2. The Balaban J connectivity index is 1.37. The summed E-state index contributed by atoms with van der Waals surface area (Å²) in [6.45, 7) is 0. The van der Waals surface area contributed by atoms with Gasteiger partial charge in [0.2, 0.25) is 0 Å². The molecule has 1 spiro atoms. The van der Waals surface area contributed by atoms with Crippen LogP contribution in [0.2, 0.25) is 0 Å². The first-order valence-electron chi connectivity index (χ1n) is 16.9. The zero-order valence-corrected chi connectivity index (χ0v) is 28.5. The van der Waals surface area contributed by atoms with Gasteiger partial charge in [-0.25, -0.2) is 0 Å². The highest BCUT2D eigenvalue weighted by Gasteiger charge is 2.50. The van der Waals surface area contributed by atoms with Gasteiger partial charge in [0.05, 0.1) is 11.2 Å². The first kappa shape index (κ1) is 29.0. The Kier molecular flexibility index (Phi) is 6.42. The van der Waals surface area contributed by atoms with Crippen molar-refractivity contribution in [2.24, 2.45) is 0 Å². The summed E-state index contributed by atoms with van der Waals surface area (Å²) >= 11 is 3.76. The number of hydrogen-bond acceptors (Lipinski definition) is 1. The van der Waals surface area contributed by atoms with Gasteiger partial charge in [0.15, 0.2) is 5.66 Å². The minimum absolute atomic E-state index is 0.0605. The van der Waals surface area contributed by atoms with Gasteiger partial charge in [0.1, 0.15) is 0 Å². The number of nitrogens with zero attached hydrogens (tertiary/aromatic N) is 1. The summed E-state index contributed by atoms with van der Waals surface area (Å²) in [6, 6.07) is 55.3. The van der Waals surface area contributed by atoms with Gasteiger partial charge in [-0.15, -0.1) is 0 Å². The molecule has 6 aromatic carbocycles. The van der Waals surface area contributed by atoms with Gasteiger partial charge in [0, 0.05) is 60.2 Å². The molecule has 4 heterocycles. The van der Waals surface area contributed by atoms with Crippen molar-refractivity contribution >= 4 is 49.2 Å². The molecule has 2 N–H and O–H groups in total. The molecule has 0 radical (unpaired) electrons. The molecule has 2 aromatic heterocycles. The normalized spacial score (nSPS) is 16.3. The van der Waals surface area contributed by atoms with Crippen LogP contribution < -0.4 is 5.32 Å². The van der Waals surface area contributed by atoms with E-state index in [1.54, 1.807) is 0 Å². The van der Waals surface area contributed by atoms with Crippen molar-refractivity contribution in [3.8, 4) is 11.1 Å². The molecule has 50 heavy (non-hydrogen) atoms. The second kappa shape index (κ2) is 11.1. The van der Waals surface area contributed by atoms with Gasteiger partial charge in [-0.05, 0) is 53.1 Å². The summed E-state index contributed by atoms with van der Waals surface area (Å²) < 4.78 is 3.38. The van der Waals surface area contributed by atoms with E-state index in [1.807, 2.05) is 18.2 Å². The van der Waals surface area contributed by atoms with Crippen LogP contribution in [0.25, 0.3) is 38.5 Å². The molecule has 0 bridgehead atoms. The molecular weight excluding hydrogens is 678 g/mol. The lowest BCUT2D eigenvalue weighted by Crippen LogP contribution is -2.42. The highest BCUT2D eigenvalue weighted by atomic mass is 79.9. The van der Waals surface area contributed by atoms with Crippen LogP contribution in [0.1, 0.15) is 49.9 Å². The number of carbonyl (C=O) groups excluding carboxylic acids is 1. The maximum atomic E-state index is 13.8. The average molecular weight is 709 g/mol. The number of H-pyrrole nitrogens is 1. The minimum atomic E-state index is -0.900. The van der Waals surface area contributed by atoms with E-state index in [-0.39, 0.29) is 11.8 Å². The molecule has 2 aliphatic heterocycles. The predicted octanol–water partition coefficient (Wildman–Crippen LogP) is 10.6. The molecule has 0 saturated heterocycles. The number of carbonyl (C=O) groups is 1. The molecule has 10 rings (SSSR count). The van der Waals surface area contributed by atoms with Crippen molar-refractivity contribution in [3.63, 3.8) is 0 Å². The van der Waals surface area contributed by atoms with Gasteiger partial charge < -0.3 is 14.9 Å². The first-order valence-corrected chi connectivity index (χ1v) is 17.7. The van der Waals surface area contributed by atoms with E-state index in [0.29, 0.717) is 5.56 Å². The maximum absolute atomic E-state index is 13.8. The summed E-state index contributed by atoms with van der Waals surface area (Å²) in [5.41, 5.74) is 12.0. The van der Waals surface area contributed by atoms with E-state index in [1.165, 1.54) is 16.7 Å². The molecule has 4 nitrogen and oxygen atoms in total. The van der Waals surface area contributed by atoms with Crippen LogP contribution in [0.5, 0.6) is 0 Å². The fourth-order valence-corrected chi connectivity index (χ4v) is 8.81. The van der Waals surface area contributed by atoms with Crippen LogP contribution >= 0.6 is 15.9 Å². The molecule has 5 heteroatoms. The van der Waals surface area contributed by atoms with Gasteiger partial charge in [-0.1, -0.05) is 143 Å². The molecule has 238 valence electrons. The van der Waals surface area contributed by atoms with Crippen LogP contribution in [-0.4, -0.2) is 15.5 Å². The number of halogens is 1. The lowest BCUT2D eigenvalue weighted by molar-refractivity contribution is 0.0937. The third-order valence-electron chi connectivity index (χ3n) is 10.4. The molecule has 1 atom stereocenters. The Hall–Kier alpha value is -5.91. The number of benzene rings is 6. The number of rotatable bonds is 5. The van der Waals surface area contributed by atoms with E-state index in [9.17, 15) is 4.79 Å². The summed E-state index contributed by atoms with van der Waals surface area (Å²) in [4.78, 5) is 17.7. The maximum Gasteiger partial charge on any atom is 0.254 e. The Morgan fingerprint density at radius 3 is 2.06 bits per heavy atom. The highest BCUT2D eigenvalue weighted by Crippen LogP contribution is 2.54. The molecular formula is C45H30BrN3O. The largest absolute Gasteiger partial charge is 0.357 e. The number of hydrogen-bond donors (Lipinski definition) is 2. The number of nitrogens with one attached hydrogen (secondary N) is 2. The van der Waals surface area contributed by atoms with Crippen molar-refractivity contribution in [3.05, 3.63) is 207 Å². The second-order valence-corrected chi connectivity index (χ2v) is 14.0.